The normalized spacial score (nSPS) is 17.0. The van der Waals surface area contributed by atoms with Gasteiger partial charge in [-0.15, -0.1) is 0 Å². The number of nitrogens with zero attached hydrogens (tertiary/aromatic N) is 4. The van der Waals surface area contributed by atoms with Crippen LogP contribution in [0, 0.1) is 6.92 Å². The first kappa shape index (κ1) is 32.2. The first-order valence-corrected chi connectivity index (χ1v) is 15.3. The number of rotatable bonds is 15. The Bertz CT molecular complexity index is 1670. The zero-order valence-corrected chi connectivity index (χ0v) is 25.8. The predicted octanol–water partition coefficient (Wildman–Crippen LogP) is 5.93. The van der Waals surface area contributed by atoms with Crippen molar-refractivity contribution in [2.45, 2.75) is 44.4 Å². The Morgan fingerprint density at radius 2 is 1.72 bits per heavy atom. The smallest absolute Gasteiger partial charge is 0.266 e. The summed E-state index contributed by atoms with van der Waals surface area (Å²) in [5.41, 5.74) is 19.1. The van der Waals surface area contributed by atoms with Crippen LogP contribution in [-0.2, 0) is 28.9 Å². The van der Waals surface area contributed by atoms with E-state index in [0.717, 1.165) is 28.7 Å². The summed E-state index contributed by atoms with van der Waals surface area (Å²) in [4.78, 5) is 22.5. The molecule has 236 valence electrons. The van der Waals surface area contributed by atoms with Gasteiger partial charge in [0, 0.05) is 36.5 Å². The molecule has 1 aliphatic rings. The van der Waals surface area contributed by atoms with Crippen LogP contribution in [-0.4, -0.2) is 42.2 Å². The van der Waals surface area contributed by atoms with Crippen molar-refractivity contribution in [2.75, 3.05) is 19.8 Å². The van der Waals surface area contributed by atoms with E-state index in [4.69, 9.17) is 25.1 Å². The first-order chi connectivity index (χ1) is 22.5. The van der Waals surface area contributed by atoms with Crippen molar-refractivity contribution < 1.29 is 19.4 Å². The molecule has 1 heterocycles. The average Bonchev–Trinajstić information content (AvgIpc) is 3.48. The van der Waals surface area contributed by atoms with Crippen molar-refractivity contribution in [3.63, 3.8) is 0 Å². The molecule has 0 saturated carbocycles. The Balaban J connectivity index is 1.50. The largest absolute Gasteiger partial charge is 0.494 e. The second-order valence-electron chi connectivity index (χ2n) is 11.2. The lowest BCUT2D eigenvalue weighted by molar-refractivity contribution is -0.130. The molecule has 0 radical (unpaired) electrons. The molecule has 0 bridgehead atoms. The van der Waals surface area contributed by atoms with E-state index in [2.05, 4.69) is 52.1 Å². The Morgan fingerprint density at radius 1 is 1.00 bits per heavy atom. The van der Waals surface area contributed by atoms with Gasteiger partial charge in [-0.05, 0) is 65.4 Å². The molecule has 0 fully saturated rings. The number of aryl methyl sites for hydroxylation is 1. The molecule has 1 aliphatic heterocycles. The number of carbonyl (C=O) groups is 1. The van der Waals surface area contributed by atoms with Gasteiger partial charge in [0.2, 0.25) is 5.90 Å². The van der Waals surface area contributed by atoms with E-state index in [-0.39, 0.29) is 25.5 Å². The Hall–Kier alpha value is -5.15. The third kappa shape index (κ3) is 7.92. The molecule has 0 spiro atoms. The van der Waals surface area contributed by atoms with Gasteiger partial charge in [-0.25, -0.2) is 10.4 Å². The summed E-state index contributed by atoms with van der Waals surface area (Å²) in [5, 5.41) is 12.9. The van der Waals surface area contributed by atoms with Gasteiger partial charge >= 0.3 is 0 Å². The SMILES string of the molecule is Cc1ccc(CCNNC(=O)[C@@]2(Cc3ccccc3CN=[N+]=[N-])N=C(c3ccc(OCCCO)cc3)O[C@H]2c2ccccc2)cc1. The summed E-state index contributed by atoms with van der Waals surface area (Å²) in [6.45, 7) is 3.17. The molecule has 10 heteroatoms. The highest BCUT2D eigenvalue weighted by molar-refractivity contribution is 6.01. The predicted molar refractivity (Wildman–Crippen MR) is 177 cm³/mol. The molecule has 0 aliphatic carbocycles. The summed E-state index contributed by atoms with van der Waals surface area (Å²) in [5.74, 6) is 0.644. The molecule has 1 amide bonds. The Labute approximate surface area is 268 Å². The van der Waals surface area contributed by atoms with E-state index in [1.165, 1.54) is 5.56 Å². The van der Waals surface area contributed by atoms with Gasteiger partial charge in [0.15, 0.2) is 11.6 Å². The lowest BCUT2D eigenvalue weighted by atomic mass is 9.81. The highest BCUT2D eigenvalue weighted by atomic mass is 16.5. The van der Waals surface area contributed by atoms with Crippen LogP contribution >= 0.6 is 0 Å². The highest BCUT2D eigenvalue weighted by Crippen LogP contribution is 2.43. The molecule has 0 aromatic heterocycles. The minimum Gasteiger partial charge on any atom is -0.494 e. The van der Waals surface area contributed by atoms with Crippen molar-refractivity contribution in [1.82, 2.24) is 10.9 Å². The van der Waals surface area contributed by atoms with E-state index in [1.54, 1.807) is 0 Å². The van der Waals surface area contributed by atoms with Crippen molar-refractivity contribution in [2.24, 2.45) is 10.1 Å². The van der Waals surface area contributed by atoms with Crippen LogP contribution in [0.15, 0.2) is 113 Å². The second kappa shape index (κ2) is 15.7. The maximum absolute atomic E-state index is 14.4. The average molecular weight is 619 g/mol. The number of hydrogen-bond acceptors (Lipinski definition) is 7. The number of azide groups is 1. The van der Waals surface area contributed by atoms with Crippen molar-refractivity contribution in [3.8, 4) is 5.75 Å². The van der Waals surface area contributed by atoms with E-state index >= 15 is 0 Å². The van der Waals surface area contributed by atoms with Gasteiger partial charge < -0.3 is 14.6 Å². The van der Waals surface area contributed by atoms with Crippen LogP contribution in [0.3, 0.4) is 0 Å². The molecular weight excluding hydrogens is 580 g/mol. The Morgan fingerprint density at radius 3 is 2.43 bits per heavy atom. The molecule has 46 heavy (non-hydrogen) atoms. The van der Waals surface area contributed by atoms with Gasteiger partial charge in [0.25, 0.3) is 5.91 Å². The number of nitrogens with one attached hydrogen (secondary N) is 2. The minimum atomic E-state index is -1.41. The lowest BCUT2D eigenvalue weighted by Gasteiger charge is -2.31. The number of ether oxygens (including phenoxy) is 2. The van der Waals surface area contributed by atoms with Gasteiger partial charge in [-0.1, -0.05) is 89.5 Å². The molecule has 4 aromatic carbocycles. The van der Waals surface area contributed by atoms with E-state index < -0.39 is 11.6 Å². The fourth-order valence-electron chi connectivity index (χ4n) is 5.41. The topological polar surface area (TPSA) is 141 Å². The summed E-state index contributed by atoms with van der Waals surface area (Å²) in [7, 11) is 0. The van der Waals surface area contributed by atoms with E-state index in [9.17, 15) is 4.79 Å². The number of hydrogen-bond donors (Lipinski definition) is 3. The van der Waals surface area contributed by atoms with Crippen LogP contribution in [0.2, 0.25) is 0 Å². The summed E-state index contributed by atoms with van der Waals surface area (Å²) in [6.07, 6.45) is 0.702. The molecule has 0 saturated heterocycles. The quantitative estimate of drug-likeness (QED) is 0.0498. The third-order valence-corrected chi connectivity index (χ3v) is 7.88. The molecule has 2 atom stereocenters. The standard InChI is InChI=1S/C36H38N6O4/c1-26-12-14-27(15-13-26)20-21-38-41-35(44)36(24-30-10-5-6-11-31(30)25-39-42-37)33(28-8-3-2-4-9-28)46-34(40-36)29-16-18-32(19-17-29)45-23-7-22-43/h2-6,8-19,33,38,43H,7,20-25H2,1H3,(H,41,44)/t33-,36-/m0/s1. The highest BCUT2D eigenvalue weighted by Gasteiger charge is 2.53. The molecular formula is C36H38N6O4. The third-order valence-electron chi connectivity index (χ3n) is 7.88. The van der Waals surface area contributed by atoms with Gasteiger partial charge in [-0.2, -0.15) is 0 Å². The molecule has 0 unspecified atom stereocenters. The van der Waals surface area contributed by atoms with Crippen LogP contribution in [0.4, 0.5) is 0 Å². The van der Waals surface area contributed by atoms with Crippen molar-refractivity contribution in [1.29, 1.82) is 0 Å². The first-order valence-electron chi connectivity index (χ1n) is 15.3. The molecule has 3 N–H and O–H groups in total. The maximum Gasteiger partial charge on any atom is 0.266 e. The van der Waals surface area contributed by atoms with Crippen LogP contribution < -0.4 is 15.6 Å². The minimum absolute atomic E-state index is 0.0561. The molecule has 4 aromatic rings. The summed E-state index contributed by atoms with van der Waals surface area (Å²) >= 11 is 0. The van der Waals surface area contributed by atoms with Gasteiger partial charge in [0.05, 0.1) is 13.2 Å². The van der Waals surface area contributed by atoms with Crippen molar-refractivity contribution in [3.05, 3.63) is 147 Å². The second-order valence-corrected chi connectivity index (χ2v) is 11.2. The number of aliphatic hydroxyl groups is 1. The monoisotopic (exact) mass is 618 g/mol. The van der Waals surface area contributed by atoms with Gasteiger partial charge in [0.1, 0.15) is 5.75 Å². The van der Waals surface area contributed by atoms with Crippen molar-refractivity contribution >= 4 is 11.8 Å². The fraction of sp³-hybridized carbons (Fsp3) is 0.278. The number of hydrazine groups is 1. The van der Waals surface area contributed by atoms with Crippen LogP contribution in [0.5, 0.6) is 5.75 Å². The zero-order chi connectivity index (χ0) is 32.2. The maximum atomic E-state index is 14.4. The number of amides is 1. The van der Waals surface area contributed by atoms with Crippen LogP contribution in [0.25, 0.3) is 10.4 Å². The van der Waals surface area contributed by atoms with E-state index in [1.807, 2.05) is 78.9 Å². The van der Waals surface area contributed by atoms with E-state index in [0.29, 0.717) is 36.8 Å². The molecule has 5 rings (SSSR count). The van der Waals surface area contributed by atoms with Crippen LogP contribution in [0.1, 0.15) is 45.9 Å². The summed E-state index contributed by atoms with van der Waals surface area (Å²) in [6, 6.07) is 32.8. The number of carbonyl (C=O) groups excluding carboxylic acids is 1. The fourth-order valence-corrected chi connectivity index (χ4v) is 5.41. The zero-order valence-electron chi connectivity index (χ0n) is 25.8. The number of aliphatic hydroxyl groups excluding tert-OH is 1. The number of benzene rings is 4. The molecule has 10 nitrogen and oxygen atoms in total. The number of aliphatic imine (C=N–C) groups is 1. The van der Waals surface area contributed by atoms with Gasteiger partial charge in [-0.3, -0.25) is 10.2 Å². The lowest BCUT2D eigenvalue weighted by Crippen LogP contribution is -2.54. The summed E-state index contributed by atoms with van der Waals surface area (Å²) < 4.78 is 12.3. The Kier molecular flexibility index (Phi) is 11.0.